The Morgan fingerprint density at radius 1 is 1.35 bits per heavy atom. The van der Waals surface area contributed by atoms with E-state index in [4.69, 9.17) is 11.6 Å². The first-order valence-corrected chi connectivity index (χ1v) is 6.33. The molecule has 8 heteroatoms. The molecule has 0 aliphatic rings. The van der Waals surface area contributed by atoms with Crippen LogP contribution < -0.4 is 5.32 Å². The van der Waals surface area contributed by atoms with Gasteiger partial charge in [-0.2, -0.15) is 13.2 Å². The van der Waals surface area contributed by atoms with Crippen molar-refractivity contribution in [2.45, 2.75) is 31.8 Å². The van der Waals surface area contributed by atoms with Crippen LogP contribution in [-0.2, 0) is 6.18 Å². The van der Waals surface area contributed by atoms with E-state index in [9.17, 15) is 13.2 Å². The minimum absolute atomic E-state index is 0.131. The number of aromatic nitrogens is 2. The highest BCUT2D eigenvalue weighted by Crippen LogP contribution is 2.33. The van der Waals surface area contributed by atoms with E-state index in [1.54, 1.807) is 0 Å². The van der Waals surface area contributed by atoms with Gasteiger partial charge in [-0.05, 0) is 12.3 Å². The van der Waals surface area contributed by atoms with Crippen LogP contribution in [0.5, 0.6) is 0 Å². The fraction of sp³-hybridized carbons (Fsp3) is 0.778. The van der Waals surface area contributed by atoms with Crippen molar-refractivity contribution < 1.29 is 13.2 Å². The van der Waals surface area contributed by atoms with Crippen LogP contribution in [0.25, 0.3) is 0 Å². The predicted octanol–water partition coefficient (Wildman–Crippen LogP) is 3.62. The minimum Gasteiger partial charge on any atom is -0.359 e. The first kappa shape index (κ1) is 14.5. The maximum Gasteiger partial charge on any atom is 0.445 e. The molecular formula is C9H13ClF3N3S. The first-order chi connectivity index (χ1) is 7.79. The quantitative estimate of drug-likeness (QED) is 0.841. The van der Waals surface area contributed by atoms with Crippen molar-refractivity contribution in [3.8, 4) is 0 Å². The Kier molecular flexibility index (Phi) is 5.00. The fourth-order valence-electron chi connectivity index (χ4n) is 1.20. The van der Waals surface area contributed by atoms with E-state index in [0.29, 0.717) is 23.8 Å². The highest BCUT2D eigenvalue weighted by atomic mass is 35.5. The molecule has 0 fully saturated rings. The summed E-state index contributed by atoms with van der Waals surface area (Å²) in [5, 5.41) is 8.30. The van der Waals surface area contributed by atoms with Gasteiger partial charge in [-0.3, -0.25) is 0 Å². The third-order valence-electron chi connectivity index (χ3n) is 1.87. The zero-order chi connectivity index (χ0) is 13.1. The molecule has 1 unspecified atom stereocenters. The Labute approximate surface area is 106 Å². The van der Waals surface area contributed by atoms with Crippen molar-refractivity contribution in [2.75, 3.05) is 11.9 Å². The molecule has 1 aromatic heterocycles. The van der Waals surface area contributed by atoms with Gasteiger partial charge in [-0.25, -0.2) is 0 Å². The molecule has 98 valence electrons. The van der Waals surface area contributed by atoms with Gasteiger partial charge in [-0.15, -0.1) is 21.8 Å². The summed E-state index contributed by atoms with van der Waals surface area (Å²) in [6.45, 7) is 4.44. The van der Waals surface area contributed by atoms with E-state index in [1.807, 2.05) is 13.8 Å². The number of nitrogens with zero attached hydrogens (tertiary/aromatic N) is 2. The van der Waals surface area contributed by atoms with Gasteiger partial charge >= 0.3 is 6.18 Å². The van der Waals surface area contributed by atoms with E-state index in [-0.39, 0.29) is 10.5 Å². The van der Waals surface area contributed by atoms with Crippen LogP contribution in [-0.4, -0.2) is 22.1 Å². The fourth-order valence-corrected chi connectivity index (χ4v) is 2.25. The van der Waals surface area contributed by atoms with Gasteiger partial charge in [0.15, 0.2) is 0 Å². The van der Waals surface area contributed by atoms with Gasteiger partial charge in [0.05, 0.1) is 5.38 Å². The number of hydrogen-bond acceptors (Lipinski definition) is 4. The Balaban J connectivity index is 2.45. The maximum absolute atomic E-state index is 12.2. The number of alkyl halides is 4. The molecule has 0 aromatic carbocycles. The van der Waals surface area contributed by atoms with E-state index in [2.05, 4.69) is 15.5 Å². The van der Waals surface area contributed by atoms with Gasteiger partial charge in [0.2, 0.25) is 10.1 Å². The van der Waals surface area contributed by atoms with Gasteiger partial charge < -0.3 is 5.32 Å². The molecule has 0 saturated carbocycles. The van der Waals surface area contributed by atoms with Crippen LogP contribution in [0.1, 0.15) is 25.3 Å². The van der Waals surface area contributed by atoms with Crippen LogP contribution in [0.4, 0.5) is 18.3 Å². The van der Waals surface area contributed by atoms with Crippen LogP contribution in [0, 0.1) is 5.92 Å². The zero-order valence-corrected chi connectivity index (χ0v) is 11.0. The van der Waals surface area contributed by atoms with Crippen LogP contribution in [0.3, 0.4) is 0 Å². The standard InChI is InChI=1S/C9H13ClF3N3S/c1-5(2)3-6(10)4-14-8-16-15-7(17-8)9(11,12)13/h5-6H,3-4H2,1-2H3,(H,14,16). The molecule has 1 rings (SSSR count). The molecule has 0 radical (unpaired) electrons. The first-order valence-electron chi connectivity index (χ1n) is 5.07. The summed E-state index contributed by atoms with van der Waals surface area (Å²) in [4.78, 5) is 0. The summed E-state index contributed by atoms with van der Waals surface area (Å²) in [5.41, 5.74) is 0. The van der Waals surface area contributed by atoms with E-state index in [1.165, 1.54) is 0 Å². The van der Waals surface area contributed by atoms with Gasteiger partial charge in [-0.1, -0.05) is 25.2 Å². The molecule has 1 atom stereocenters. The second-order valence-corrected chi connectivity index (χ2v) is 5.61. The second kappa shape index (κ2) is 5.86. The molecule has 1 aromatic rings. The van der Waals surface area contributed by atoms with E-state index >= 15 is 0 Å². The van der Waals surface area contributed by atoms with Crippen LogP contribution in [0.2, 0.25) is 0 Å². The lowest BCUT2D eigenvalue weighted by Crippen LogP contribution is -2.16. The molecule has 0 aliphatic heterocycles. The molecule has 0 amide bonds. The van der Waals surface area contributed by atoms with E-state index < -0.39 is 11.2 Å². The summed E-state index contributed by atoms with van der Waals surface area (Å²) in [5.74, 6) is 0.444. The molecule has 17 heavy (non-hydrogen) atoms. The molecular weight excluding hydrogens is 275 g/mol. The largest absolute Gasteiger partial charge is 0.445 e. The number of halogens is 4. The topological polar surface area (TPSA) is 37.8 Å². The molecule has 0 aliphatic carbocycles. The molecule has 3 nitrogen and oxygen atoms in total. The summed E-state index contributed by atoms with van der Waals surface area (Å²) >= 11 is 6.48. The molecule has 1 N–H and O–H groups in total. The number of nitrogens with one attached hydrogen (secondary N) is 1. The highest BCUT2D eigenvalue weighted by Gasteiger charge is 2.35. The number of rotatable bonds is 5. The van der Waals surface area contributed by atoms with Crippen molar-refractivity contribution in [3.05, 3.63) is 5.01 Å². The van der Waals surface area contributed by atoms with Crippen molar-refractivity contribution >= 4 is 28.1 Å². The van der Waals surface area contributed by atoms with Crippen LogP contribution >= 0.6 is 22.9 Å². The van der Waals surface area contributed by atoms with Crippen molar-refractivity contribution in [1.82, 2.24) is 10.2 Å². The summed E-state index contributed by atoms with van der Waals surface area (Å²) in [6, 6.07) is 0. The average molecular weight is 288 g/mol. The summed E-state index contributed by atoms with van der Waals surface area (Å²) < 4.78 is 36.7. The minimum atomic E-state index is -4.43. The predicted molar refractivity (Wildman–Crippen MR) is 62.5 cm³/mol. The third kappa shape index (κ3) is 5.08. The Bertz CT molecular complexity index is 354. The lowest BCUT2D eigenvalue weighted by molar-refractivity contribution is -0.138. The number of anilines is 1. The summed E-state index contributed by atoms with van der Waals surface area (Å²) in [6.07, 6.45) is -3.64. The lowest BCUT2D eigenvalue weighted by Gasteiger charge is -2.11. The zero-order valence-electron chi connectivity index (χ0n) is 9.38. The smallest absolute Gasteiger partial charge is 0.359 e. The van der Waals surface area contributed by atoms with Crippen molar-refractivity contribution in [3.63, 3.8) is 0 Å². The lowest BCUT2D eigenvalue weighted by atomic mass is 10.1. The average Bonchev–Trinajstić information content (AvgIpc) is 2.61. The molecule has 0 spiro atoms. The Morgan fingerprint density at radius 3 is 2.47 bits per heavy atom. The third-order valence-corrected chi connectivity index (χ3v) is 3.13. The molecule has 0 saturated heterocycles. The van der Waals surface area contributed by atoms with Gasteiger partial charge in [0.25, 0.3) is 0 Å². The Hall–Kier alpha value is -0.560. The van der Waals surface area contributed by atoms with Crippen molar-refractivity contribution in [2.24, 2.45) is 5.92 Å². The van der Waals surface area contributed by atoms with Gasteiger partial charge in [0, 0.05) is 6.54 Å². The molecule has 1 heterocycles. The normalized spacial score (nSPS) is 14.1. The maximum atomic E-state index is 12.2. The van der Waals surface area contributed by atoms with Gasteiger partial charge in [0.1, 0.15) is 0 Å². The SMILES string of the molecule is CC(C)CC(Cl)CNc1nnc(C(F)(F)F)s1. The second-order valence-electron chi connectivity index (χ2n) is 4.02. The van der Waals surface area contributed by atoms with Crippen molar-refractivity contribution in [1.29, 1.82) is 0 Å². The monoisotopic (exact) mass is 287 g/mol. The van der Waals surface area contributed by atoms with Crippen LogP contribution in [0.15, 0.2) is 0 Å². The highest BCUT2D eigenvalue weighted by molar-refractivity contribution is 7.15. The summed E-state index contributed by atoms with van der Waals surface area (Å²) in [7, 11) is 0. The Morgan fingerprint density at radius 2 is 2.00 bits per heavy atom. The van der Waals surface area contributed by atoms with E-state index in [0.717, 1.165) is 6.42 Å². The molecule has 0 bridgehead atoms. The number of hydrogen-bond donors (Lipinski definition) is 1.